The van der Waals surface area contributed by atoms with Crippen LogP contribution in [0.5, 0.6) is 0 Å². The molecule has 0 spiro atoms. The van der Waals surface area contributed by atoms with Gasteiger partial charge in [0.2, 0.25) is 5.91 Å². The smallest absolute Gasteiger partial charge is 0.317 e. The Morgan fingerprint density at radius 3 is 2.52 bits per heavy atom. The molecule has 1 aromatic rings. The third-order valence-electron chi connectivity index (χ3n) is 4.25. The average Bonchev–Trinajstić information content (AvgIpc) is 2.64. The Hall–Kier alpha value is -1.75. The summed E-state index contributed by atoms with van der Waals surface area (Å²) in [5.74, 6) is 0.0452. The van der Waals surface area contributed by atoms with Gasteiger partial charge in [0, 0.05) is 31.6 Å². The van der Waals surface area contributed by atoms with Crippen molar-refractivity contribution < 1.29 is 9.59 Å². The number of hydrogen-bond donors (Lipinski definition) is 1. The maximum atomic E-state index is 12.1. The molecular formula is C15H18ClN3O2. The highest BCUT2D eigenvalue weighted by molar-refractivity contribution is 6.30. The van der Waals surface area contributed by atoms with E-state index in [1.54, 1.807) is 16.8 Å². The predicted molar refractivity (Wildman–Crippen MR) is 80.1 cm³/mol. The van der Waals surface area contributed by atoms with Crippen LogP contribution in [0.2, 0.25) is 5.02 Å². The van der Waals surface area contributed by atoms with E-state index in [2.05, 4.69) is 5.32 Å². The predicted octanol–water partition coefficient (Wildman–Crippen LogP) is 2.03. The van der Waals surface area contributed by atoms with Gasteiger partial charge >= 0.3 is 6.03 Å². The summed E-state index contributed by atoms with van der Waals surface area (Å²) in [4.78, 5) is 27.6. The highest BCUT2D eigenvalue weighted by Gasteiger charge is 2.40. The molecule has 0 bridgehead atoms. The van der Waals surface area contributed by atoms with Crippen molar-refractivity contribution in [3.8, 4) is 0 Å². The Balaban J connectivity index is 1.78. The molecule has 2 saturated heterocycles. The third kappa shape index (κ3) is 2.70. The number of hydrogen-bond acceptors (Lipinski definition) is 2. The van der Waals surface area contributed by atoms with Crippen molar-refractivity contribution in [1.29, 1.82) is 0 Å². The van der Waals surface area contributed by atoms with E-state index in [-0.39, 0.29) is 24.0 Å². The molecule has 2 fully saturated rings. The number of carbonyl (C=O) groups excluding carboxylic acids is 2. The number of amides is 3. The largest absolute Gasteiger partial charge is 0.337 e. The van der Waals surface area contributed by atoms with Crippen molar-refractivity contribution >= 4 is 23.5 Å². The minimum Gasteiger partial charge on any atom is -0.337 e. The molecule has 2 heterocycles. The summed E-state index contributed by atoms with van der Waals surface area (Å²) in [5, 5.41) is 3.66. The quantitative estimate of drug-likeness (QED) is 0.909. The summed E-state index contributed by atoms with van der Waals surface area (Å²) >= 11 is 5.92. The van der Waals surface area contributed by atoms with Gasteiger partial charge in [-0.2, -0.15) is 0 Å². The lowest BCUT2D eigenvalue weighted by atomic mass is 10.0. The second-order valence-corrected chi connectivity index (χ2v) is 6.04. The maximum Gasteiger partial charge on any atom is 0.317 e. The normalized spacial score (nSPS) is 25.0. The lowest BCUT2D eigenvalue weighted by Gasteiger charge is -2.33. The van der Waals surface area contributed by atoms with Gasteiger partial charge in [0.05, 0.1) is 12.1 Å². The van der Waals surface area contributed by atoms with Crippen LogP contribution in [0.15, 0.2) is 24.3 Å². The second kappa shape index (κ2) is 5.56. The number of carbonyl (C=O) groups is 2. The Morgan fingerprint density at radius 2 is 1.95 bits per heavy atom. The molecule has 1 N–H and O–H groups in total. The fraction of sp³-hybridized carbons (Fsp3) is 0.467. The summed E-state index contributed by atoms with van der Waals surface area (Å²) in [6.07, 6.45) is 1.39. The molecule has 5 nitrogen and oxygen atoms in total. The molecule has 1 aromatic carbocycles. The Bertz CT molecular complexity index is 557. The standard InChI is InChI=1S/C15H18ClN3O2/c1-18-13(20)9-12(17-15(21)19-7-2-8-19)14(18)10-3-5-11(16)6-4-10/h3-6,12,14H,2,7-9H2,1H3,(H,17,21)/t12-,14-/m1/s1. The number of rotatable bonds is 2. The van der Waals surface area contributed by atoms with Crippen LogP contribution < -0.4 is 5.32 Å². The highest BCUT2D eigenvalue weighted by atomic mass is 35.5. The van der Waals surface area contributed by atoms with Gasteiger partial charge in [-0.3, -0.25) is 4.79 Å². The fourth-order valence-corrected chi connectivity index (χ4v) is 3.01. The molecule has 6 heteroatoms. The Labute approximate surface area is 128 Å². The average molecular weight is 308 g/mol. The van der Waals surface area contributed by atoms with E-state index < -0.39 is 0 Å². The van der Waals surface area contributed by atoms with Crippen molar-refractivity contribution in [3.05, 3.63) is 34.9 Å². The zero-order valence-electron chi connectivity index (χ0n) is 11.9. The van der Waals surface area contributed by atoms with E-state index in [0.29, 0.717) is 11.4 Å². The first-order chi connectivity index (χ1) is 10.1. The van der Waals surface area contributed by atoms with E-state index >= 15 is 0 Å². The van der Waals surface area contributed by atoms with Crippen LogP contribution >= 0.6 is 11.6 Å². The van der Waals surface area contributed by atoms with Crippen molar-refractivity contribution in [2.45, 2.75) is 24.9 Å². The second-order valence-electron chi connectivity index (χ2n) is 5.60. The monoisotopic (exact) mass is 307 g/mol. The van der Waals surface area contributed by atoms with Gasteiger partial charge in [0.1, 0.15) is 0 Å². The summed E-state index contributed by atoms with van der Waals surface area (Å²) in [6.45, 7) is 1.60. The molecule has 0 unspecified atom stereocenters. The number of halogens is 1. The zero-order valence-corrected chi connectivity index (χ0v) is 12.6. The van der Waals surface area contributed by atoms with E-state index in [0.717, 1.165) is 25.1 Å². The first-order valence-corrected chi connectivity index (χ1v) is 7.50. The third-order valence-corrected chi connectivity index (χ3v) is 4.50. The molecule has 0 aromatic heterocycles. The molecule has 112 valence electrons. The van der Waals surface area contributed by atoms with Crippen molar-refractivity contribution in [2.75, 3.05) is 20.1 Å². The van der Waals surface area contributed by atoms with Crippen LogP contribution in [-0.2, 0) is 4.79 Å². The molecule has 0 saturated carbocycles. The highest BCUT2D eigenvalue weighted by Crippen LogP contribution is 2.32. The van der Waals surface area contributed by atoms with Crippen LogP contribution in [0.1, 0.15) is 24.4 Å². The Kier molecular flexibility index (Phi) is 3.76. The number of urea groups is 1. The number of likely N-dealkylation sites (N-methyl/N-ethyl adjacent to an activating group) is 1. The van der Waals surface area contributed by atoms with Gasteiger partial charge in [-0.05, 0) is 24.1 Å². The summed E-state index contributed by atoms with van der Waals surface area (Å²) < 4.78 is 0. The summed E-state index contributed by atoms with van der Waals surface area (Å²) in [7, 11) is 1.78. The molecule has 0 radical (unpaired) electrons. The van der Waals surface area contributed by atoms with Crippen molar-refractivity contribution in [3.63, 3.8) is 0 Å². The van der Waals surface area contributed by atoms with Crippen LogP contribution in [0.4, 0.5) is 4.79 Å². The minimum atomic E-state index is -0.197. The maximum absolute atomic E-state index is 12.1. The van der Waals surface area contributed by atoms with Crippen molar-refractivity contribution in [2.24, 2.45) is 0 Å². The molecular weight excluding hydrogens is 290 g/mol. The number of benzene rings is 1. The lowest BCUT2D eigenvalue weighted by Crippen LogP contribution is -2.51. The topological polar surface area (TPSA) is 52.7 Å². The molecule has 2 aliphatic heterocycles. The SMILES string of the molecule is CN1C(=O)C[C@@H](NC(=O)N2CCC2)[C@H]1c1ccc(Cl)cc1. The number of nitrogens with one attached hydrogen (secondary N) is 1. The first kappa shape index (κ1) is 14.2. The molecule has 3 amide bonds. The van der Waals surface area contributed by atoms with Crippen LogP contribution in [-0.4, -0.2) is 47.9 Å². The van der Waals surface area contributed by atoms with E-state index in [4.69, 9.17) is 11.6 Å². The van der Waals surface area contributed by atoms with Gasteiger partial charge < -0.3 is 15.1 Å². The van der Waals surface area contributed by atoms with Gasteiger partial charge in [0.25, 0.3) is 0 Å². The summed E-state index contributed by atoms with van der Waals surface area (Å²) in [5.41, 5.74) is 0.988. The van der Waals surface area contributed by atoms with Gasteiger partial charge in [-0.15, -0.1) is 0 Å². The van der Waals surface area contributed by atoms with Crippen molar-refractivity contribution in [1.82, 2.24) is 15.1 Å². The molecule has 21 heavy (non-hydrogen) atoms. The minimum absolute atomic E-state index is 0.0452. The van der Waals surface area contributed by atoms with Gasteiger partial charge in [-0.1, -0.05) is 23.7 Å². The van der Waals surface area contributed by atoms with Gasteiger partial charge in [-0.25, -0.2) is 4.79 Å². The molecule has 2 aliphatic rings. The number of likely N-dealkylation sites (tertiary alicyclic amines) is 2. The van der Waals surface area contributed by atoms with Crippen LogP contribution in [0, 0.1) is 0 Å². The summed E-state index contributed by atoms with van der Waals surface area (Å²) in [6, 6.07) is 7.02. The first-order valence-electron chi connectivity index (χ1n) is 7.13. The zero-order chi connectivity index (χ0) is 15.0. The van der Waals surface area contributed by atoms with E-state index in [9.17, 15) is 9.59 Å². The Morgan fingerprint density at radius 1 is 1.29 bits per heavy atom. The molecule has 3 rings (SSSR count). The lowest BCUT2D eigenvalue weighted by molar-refractivity contribution is -0.127. The van der Waals surface area contributed by atoms with E-state index in [1.165, 1.54) is 0 Å². The van der Waals surface area contributed by atoms with E-state index in [1.807, 2.05) is 24.3 Å². The van der Waals surface area contributed by atoms with Gasteiger partial charge in [0.15, 0.2) is 0 Å². The molecule has 2 atom stereocenters. The van der Waals surface area contributed by atoms with Crippen LogP contribution in [0.25, 0.3) is 0 Å². The fourth-order valence-electron chi connectivity index (χ4n) is 2.88. The molecule has 0 aliphatic carbocycles. The van der Waals surface area contributed by atoms with Crippen LogP contribution in [0.3, 0.4) is 0 Å². The number of nitrogens with zero attached hydrogens (tertiary/aromatic N) is 2.